The molecule has 0 aliphatic rings. The summed E-state index contributed by atoms with van der Waals surface area (Å²) in [7, 11) is 0. The van der Waals surface area contributed by atoms with Crippen molar-refractivity contribution in [2.24, 2.45) is 0 Å². The number of hydrogen-bond donors (Lipinski definition) is 1. The minimum absolute atomic E-state index is 0.0908. The molecule has 1 aromatic carbocycles. The van der Waals surface area contributed by atoms with E-state index in [1.54, 1.807) is 6.07 Å². The van der Waals surface area contributed by atoms with E-state index < -0.39 is 0 Å². The fourth-order valence-corrected chi connectivity index (χ4v) is 2.26. The van der Waals surface area contributed by atoms with Gasteiger partial charge in [0.25, 0.3) is 5.56 Å². The van der Waals surface area contributed by atoms with Crippen LogP contribution in [0.15, 0.2) is 35.1 Å². The number of aromatic hydroxyl groups is 1. The van der Waals surface area contributed by atoms with Gasteiger partial charge in [0.05, 0.1) is 6.54 Å². The molecule has 0 spiro atoms. The SMILES string of the molecule is CCc1c(C)cc(=O)n(Cc2ccc(C)cc2)c1O. The third-order valence-corrected chi connectivity index (χ3v) is 3.42. The molecule has 0 aliphatic heterocycles. The summed E-state index contributed by atoms with van der Waals surface area (Å²) in [5.74, 6) is 0.0908. The van der Waals surface area contributed by atoms with Crippen molar-refractivity contribution in [3.8, 4) is 5.88 Å². The Morgan fingerprint density at radius 3 is 2.37 bits per heavy atom. The molecule has 0 radical (unpaired) electrons. The summed E-state index contributed by atoms with van der Waals surface area (Å²) in [6, 6.07) is 9.56. The largest absolute Gasteiger partial charge is 0.494 e. The average molecular weight is 257 g/mol. The molecule has 0 saturated heterocycles. The molecular formula is C16H19NO2. The maximum Gasteiger partial charge on any atom is 0.253 e. The van der Waals surface area contributed by atoms with Crippen LogP contribution in [0.2, 0.25) is 0 Å². The summed E-state index contributed by atoms with van der Waals surface area (Å²) in [5.41, 5.74) is 3.72. The number of benzene rings is 1. The van der Waals surface area contributed by atoms with Crippen LogP contribution >= 0.6 is 0 Å². The van der Waals surface area contributed by atoms with Gasteiger partial charge in [-0.25, -0.2) is 0 Å². The van der Waals surface area contributed by atoms with Crippen LogP contribution in [0.5, 0.6) is 5.88 Å². The molecule has 1 heterocycles. The highest BCUT2D eigenvalue weighted by Crippen LogP contribution is 2.20. The van der Waals surface area contributed by atoms with E-state index in [2.05, 4.69) is 0 Å². The van der Waals surface area contributed by atoms with Gasteiger partial charge >= 0.3 is 0 Å². The Morgan fingerprint density at radius 1 is 1.16 bits per heavy atom. The molecule has 2 rings (SSSR count). The number of hydrogen-bond acceptors (Lipinski definition) is 2. The van der Waals surface area contributed by atoms with Crippen molar-refractivity contribution < 1.29 is 5.11 Å². The Kier molecular flexibility index (Phi) is 3.74. The summed E-state index contributed by atoms with van der Waals surface area (Å²) < 4.78 is 1.43. The fourth-order valence-electron chi connectivity index (χ4n) is 2.26. The monoisotopic (exact) mass is 257 g/mol. The lowest BCUT2D eigenvalue weighted by atomic mass is 10.1. The van der Waals surface area contributed by atoms with Gasteiger partial charge in [0.15, 0.2) is 5.88 Å². The van der Waals surface area contributed by atoms with Crippen LogP contribution in [0.25, 0.3) is 0 Å². The summed E-state index contributed by atoms with van der Waals surface area (Å²) in [5, 5.41) is 10.2. The minimum Gasteiger partial charge on any atom is -0.494 e. The molecule has 0 unspecified atom stereocenters. The minimum atomic E-state index is -0.159. The molecule has 0 atom stereocenters. The molecule has 1 aromatic heterocycles. The van der Waals surface area contributed by atoms with Crippen molar-refractivity contribution in [3.63, 3.8) is 0 Å². The van der Waals surface area contributed by atoms with Crippen LogP contribution in [0.4, 0.5) is 0 Å². The molecule has 19 heavy (non-hydrogen) atoms. The van der Waals surface area contributed by atoms with Crippen molar-refractivity contribution in [2.45, 2.75) is 33.7 Å². The third-order valence-electron chi connectivity index (χ3n) is 3.42. The van der Waals surface area contributed by atoms with E-state index in [4.69, 9.17) is 0 Å². The zero-order chi connectivity index (χ0) is 14.0. The molecular weight excluding hydrogens is 238 g/mol. The second-order valence-corrected chi connectivity index (χ2v) is 4.89. The summed E-state index contributed by atoms with van der Waals surface area (Å²) in [6.45, 7) is 6.26. The van der Waals surface area contributed by atoms with Crippen LogP contribution in [0.3, 0.4) is 0 Å². The van der Waals surface area contributed by atoms with E-state index in [9.17, 15) is 9.90 Å². The lowest BCUT2D eigenvalue weighted by molar-refractivity contribution is 0.407. The van der Waals surface area contributed by atoms with Gasteiger partial charge in [0.1, 0.15) is 0 Å². The van der Waals surface area contributed by atoms with Crippen molar-refractivity contribution in [1.29, 1.82) is 0 Å². The number of pyridine rings is 1. The first-order chi connectivity index (χ1) is 9.02. The maximum atomic E-state index is 12.0. The van der Waals surface area contributed by atoms with Crippen LogP contribution in [0.1, 0.15) is 29.2 Å². The van der Waals surface area contributed by atoms with Crippen LogP contribution in [-0.4, -0.2) is 9.67 Å². The van der Waals surface area contributed by atoms with Gasteiger partial charge < -0.3 is 5.11 Å². The van der Waals surface area contributed by atoms with E-state index in [1.807, 2.05) is 45.0 Å². The fraction of sp³-hybridized carbons (Fsp3) is 0.312. The Bertz CT molecular complexity index is 639. The Labute approximate surface area is 113 Å². The molecule has 2 aromatic rings. The van der Waals surface area contributed by atoms with Crippen LogP contribution in [0, 0.1) is 13.8 Å². The normalized spacial score (nSPS) is 10.7. The highest BCUT2D eigenvalue weighted by Gasteiger charge is 2.11. The molecule has 0 saturated carbocycles. The summed E-state index contributed by atoms with van der Waals surface area (Å²) in [6.07, 6.45) is 0.714. The lowest BCUT2D eigenvalue weighted by Gasteiger charge is -2.13. The molecule has 3 nitrogen and oxygen atoms in total. The first kappa shape index (κ1) is 13.4. The molecule has 0 aliphatic carbocycles. The Morgan fingerprint density at radius 2 is 1.79 bits per heavy atom. The second kappa shape index (κ2) is 5.31. The topological polar surface area (TPSA) is 42.2 Å². The average Bonchev–Trinajstić information content (AvgIpc) is 2.37. The zero-order valence-corrected chi connectivity index (χ0v) is 11.6. The van der Waals surface area contributed by atoms with Gasteiger partial charge in [-0.15, -0.1) is 0 Å². The zero-order valence-electron chi connectivity index (χ0n) is 11.6. The van der Waals surface area contributed by atoms with E-state index in [-0.39, 0.29) is 11.4 Å². The van der Waals surface area contributed by atoms with Crippen molar-refractivity contribution in [2.75, 3.05) is 0 Å². The van der Waals surface area contributed by atoms with Gasteiger partial charge in [-0.05, 0) is 31.4 Å². The van der Waals surface area contributed by atoms with Gasteiger partial charge in [0.2, 0.25) is 0 Å². The number of rotatable bonds is 3. The number of aryl methyl sites for hydroxylation is 2. The quantitative estimate of drug-likeness (QED) is 0.918. The molecule has 0 amide bonds. The number of nitrogens with zero attached hydrogens (tertiary/aromatic N) is 1. The van der Waals surface area contributed by atoms with Crippen molar-refractivity contribution in [3.05, 3.63) is 62.9 Å². The van der Waals surface area contributed by atoms with Gasteiger partial charge in [-0.1, -0.05) is 36.8 Å². The van der Waals surface area contributed by atoms with Gasteiger partial charge in [0, 0.05) is 11.6 Å². The van der Waals surface area contributed by atoms with E-state index in [1.165, 1.54) is 10.1 Å². The van der Waals surface area contributed by atoms with Crippen LogP contribution < -0.4 is 5.56 Å². The second-order valence-electron chi connectivity index (χ2n) is 4.89. The molecule has 3 heteroatoms. The predicted molar refractivity (Wildman–Crippen MR) is 76.8 cm³/mol. The molecule has 100 valence electrons. The maximum absolute atomic E-state index is 12.0. The van der Waals surface area contributed by atoms with Crippen molar-refractivity contribution >= 4 is 0 Å². The Hall–Kier alpha value is -2.03. The smallest absolute Gasteiger partial charge is 0.253 e. The summed E-state index contributed by atoms with van der Waals surface area (Å²) in [4.78, 5) is 12.0. The third kappa shape index (κ3) is 2.70. The molecule has 0 fully saturated rings. The van der Waals surface area contributed by atoms with E-state index in [0.717, 1.165) is 16.7 Å². The number of aromatic nitrogens is 1. The van der Waals surface area contributed by atoms with E-state index in [0.29, 0.717) is 13.0 Å². The molecule has 0 bridgehead atoms. The van der Waals surface area contributed by atoms with E-state index >= 15 is 0 Å². The predicted octanol–water partition coefficient (Wildman–Crippen LogP) is 2.78. The van der Waals surface area contributed by atoms with Crippen LogP contribution in [-0.2, 0) is 13.0 Å². The van der Waals surface area contributed by atoms with Gasteiger partial charge in [-0.3, -0.25) is 9.36 Å². The Balaban J connectivity index is 2.45. The highest BCUT2D eigenvalue weighted by atomic mass is 16.3. The standard InChI is InChI=1S/C16H19NO2/c1-4-14-12(3)9-15(18)17(16(14)19)10-13-7-5-11(2)6-8-13/h5-9,19H,4,10H2,1-3H3. The lowest BCUT2D eigenvalue weighted by Crippen LogP contribution is -2.21. The van der Waals surface area contributed by atoms with Crippen molar-refractivity contribution in [1.82, 2.24) is 4.57 Å². The summed E-state index contributed by atoms with van der Waals surface area (Å²) >= 11 is 0. The van der Waals surface area contributed by atoms with Gasteiger partial charge in [-0.2, -0.15) is 0 Å². The highest BCUT2D eigenvalue weighted by molar-refractivity contribution is 5.34. The first-order valence-corrected chi connectivity index (χ1v) is 6.50. The first-order valence-electron chi connectivity index (χ1n) is 6.50. The molecule has 1 N–H and O–H groups in total.